The molecule has 5 nitrogen and oxygen atoms in total. The second kappa shape index (κ2) is 7.16. The van der Waals surface area contributed by atoms with Crippen LogP contribution < -0.4 is 0 Å². The van der Waals surface area contributed by atoms with Crippen molar-refractivity contribution in [1.29, 1.82) is 0 Å². The molecule has 0 atom stereocenters. The predicted octanol–water partition coefficient (Wildman–Crippen LogP) is -0.443. The maximum atomic E-state index is 10.2. The number of nitrogens with zero attached hydrogens (tertiary/aromatic N) is 2. The average Bonchev–Trinajstić information content (AvgIpc) is 2.20. The summed E-state index contributed by atoms with van der Waals surface area (Å²) >= 11 is 0. The highest BCUT2D eigenvalue weighted by Crippen LogP contribution is 2.01. The quantitative estimate of drug-likeness (QED) is 0.634. The summed E-state index contributed by atoms with van der Waals surface area (Å²) in [5.41, 5.74) is 0. The molecular weight excluding hydrogens is 216 g/mol. The molecule has 0 N–H and O–H groups in total. The van der Waals surface area contributed by atoms with Crippen molar-refractivity contribution >= 4 is 11.0 Å². The first-order chi connectivity index (χ1) is 7.22. The molecule has 6 heteroatoms. The third-order valence-electron chi connectivity index (χ3n) is 2.61. The van der Waals surface area contributed by atoms with Crippen molar-refractivity contribution in [3.05, 3.63) is 0 Å². The molecule has 1 saturated heterocycles. The molecule has 0 aromatic rings. The summed E-state index contributed by atoms with van der Waals surface area (Å²) in [6.45, 7) is 8.53. The summed E-state index contributed by atoms with van der Waals surface area (Å²) < 4.78 is 24.8. The lowest BCUT2D eigenvalue weighted by Gasteiger charge is -2.34. The van der Waals surface area contributed by atoms with Gasteiger partial charge in [0.1, 0.15) is 0 Å². The van der Waals surface area contributed by atoms with Crippen LogP contribution in [0.1, 0.15) is 13.3 Å². The molecule has 0 amide bonds. The van der Waals surface area contributed by atoms with Gasteiger partial charge in [-0.15, -0.1) is 0 Å². The second-order valence-corrected chi connectivity index (χ2v) is 4.45. The molecule has 0 unspecified atom stereocenters. The fourth-order valence-corrected chi connectivity index (χ4v) is 2.03. The molecular formula is C9H20N2O3S. The minimum atomic E-state index is -2.68. The highest BCUT2D eigenvalue weighted by molar-refractivity contribution is 7.67. The molecule has 0 bridgehead atoms. The van der Waals surface area contributed by atoms with E-state index < -0.39 is 11.0 Å². The van der Waals surface area contributed by atoms with Gasteiger partial charge in [-0.25, -0.2) is 8.42 Å². The van der Waals surface area contributed by atoms with Crippen LogP contribution in [0.2, 0.25) is 0 Å². The molecule has 0 radical (unpaired) electrons. The second-order valence-electron chi connectivity index (χ2n) is 3.74. The van der Waals surface area contributed by atoms with Crippen molar-refractivity contribution in [2.45, 2.75) is 13.3 Å². The van der Waals surface area contributed by atoms with Crippen LogP contribution in [0, 0.1) is 0 Å². The molecule has 1 fully saturated rings. The Hall–Kier alpha value is -0.170. The maximum Gasteiger partial charge on any atom is 0.257 e. The van der Waals surface area contributed by atoms with E-state index in [0.717, 1.165) is 32.7 Å². The largest absolute Gasteiger partial charge is 0.301 e. The van der Waals surface area contributed by atoms with Gasteiger partial charge in [0, 0.05) is 32.7 Å². The van der Waals surface area contributed by atoms with Gasteiger partial charge in [0.15, 0.2) is 0 Å². The SMILES string of the molecule is CCCN1CCN(CCO[SH](=O)=O)CC1. The molecule has 0 spiro atoms. The zero-order valence-corrected chi connectivity index (χ0v) is 10.1. The van der Waals surface area contributed by atoms with Crippen LogP contribution in [0.5, 0.6) is 0 Å². The zero-order chi connectivity index (χ0) is 11.1. The predicted molar refractivity (Wildman–Crippen MR) is 59.4 cm³/mol. The lowest BCUT2D eigenvalue weighted by Crippen LogP contribution is -2.47. The first kappa shape index (κ1) is 12.9. The highest BCUT2D eigenvalue weighted by atomic mass is 32.2. The molecule has 0 saturated carbocycles. The fourth-order valence-electron chi connectivity index (χ4n) is 1.80. The Kier molecular flexibility index (Phi) is 6.16. The molecule has 1 heterocycles. The lowest BCUT2D eigenvalue weighted by atomic mass is 10.3. The standard InChI is InChI=1S/C9H20N2O3S/c1-2-3-10-4-6-11(7-5-10)8-9-14-15(12)13/h15H,2-9H2,1H3. The van der Waals surface area contributed by atoms with E-state index in [2.05, 4.69) is 20.9 Å². The molecule has 0 aliphatic carbocycles. The topological polar surface area (TPSA) is 49.9 Å². The fraction of sp³-hybridized carbons (Fsp3) is 1.00. The summed E-state index contributed by atoms with van der Waals surface area (Å²) in [5, 5.41) is 0. The van der Waals surface area contributed by atoms with Crippen LogP contribution in [0.4, 0.5) is 0 Å². The molecule has 1 aliphatic heterocycles. The van der Waals surface area contributed by atoms with E-state index in [1.54, 1.807) is 0 Å². The lowest BCUT2D eigenvalue weighted by molar-refractivity contribution is 0.119. The van der Waals surface area contributed by atoms with Crippen molar-refractivity contribution in [3.8, 4) is 0 Å². The average molecular weight is 236 g/mol. The van der Waals surface area contributed by atoms with Gasteiger partial charge in [-0.05, 0) is 13.0 Å². The number of rotatable bonds is 6. The first-order valence-electron chi connectivity index (χ1n) is 5.44. The number of thiol groups is 1. The van der Waals surface area contributed by atoms with E-state index in [1.165, 1.54) is 6.42 Å². The van der Waals surface area contributed by atoms with Crippen LogP contribution in [-0.2, 0) is 15.2 Å². The van der Waals surface area contributed by atoms with Crippen LogP contribution in [-0.4, -0.2) is 64.1 Å². The van der Waals surface area contributed by atoms with Crippen molar-refractivity contribution in [1.82, 2.24) is 9.80 Å². The number of piperazine rings is 1. The van der Waals surface area contributed by atoms with Gasteiger partial charge in [-0.3, -0.25) is 9.08 Å². The van der Waals surface area contributed by atoms with E-state index in [0.29, 0.717) is 6.54 Å². The van der Waals surface area contributed by atoms with Gasteiger partial charge < -0.3 is 4.90 Å². The highest BCUT2D eigenvalue weighted by Gasteiger charge is 2.15. The van der Waals surface area contributed by atoms with Crippen LogP contribution >= 0.6 is 0 Å². The zero-order valence-electron chi connectivity index (χ0n) is 9.22. The van der Waals surface area contributed by atoms with Crippen LogP contribution in [0.15, 0.2) is 0 Å². The van der Waals surface area contributed by atoms with E-state index in [9.17, 15) is 8.42 Å². The summed E-state index contributed by atoms with van der Waals surface area (Å²) in [5.74, 6) is 0. The van der Waals surface area contributed by atoms with Gasteiger partial charge >= 0.3 is 0 Å². The molecule has 1 aliphatic rings. The van der Waals surface area contributed by atoms with Crippen LogP contribution in [0.25, 0.3) is 0 Å². The van der Waals surface area contributed by atoms with Gasteiger partial charge in [0.05, 0.1) is 6.61 Å². The third kappa shape index (κ3) is 5.46. The summed E-state index contributed by atoms with van der Waals surface area (Å²) in [6, 6.07) is 0. The summed E-state index contributed by atoms with van der Waals surface area (Å²) in [6.07, 6.45) is 1.19. The number of hydrogen-bond donors (Lipinski definition) is 1. The Morgan fingerprint density at radius 2 is 1.60 bits per heavy atom. The Bertz CT molecular complexity index is 230. The van der Waals surface area contributed by atoms with Gasteiger partial charge in [0.25, 0.3) is 11.0 Å². The summed E-state index contributed by atoms with van der Waals surface area (Å²) in [4.78, 5) is 4.68. The minimum absolute atomic E-state index is 0.284. The van der Waals surface area contributed by atoms with E-state index in [4.69, 9.17) is 0 Å². The monoisotopic (exact) mass is 236 g/mol. The van der Waals surface area contributed by atoms with Gasteiger partial charge in [-0.2, -0.15) is 0 Å². The van der Waals surface area contributed by atoms with Crippen molar-refractivity contribution in [3.63, 3.8) is 0 Å². The molecule has 15 heavy (non-hydrogen) atoms. The van der Waals surface area contributed by atoms with E-state index in [-0.39, 0.29) is 6.61 Å². The third-order valence-corrected chi connectivity index (χ3v) is 3.00. The Morgan fingerprint density at radius 3 is 2.07 bits per heavy atom. The summed E-state index contributed by atoms with van der Waals surface area (Å²) in [7, 11) is -2.68. The van der Waals surface area contributed by atoms with Gasteiger partial charge in [-0.1, -0.05) is 6.92 Å². The van der Waals surface area contributed by atoms with E-state index >= 15 is 0 Å². The van der Waals surface area contributed by atoms with Crippen LogP contribution in [0.3, 0.4) is 0 Å². The van der Waals surface area contributed by atoms with Crippen molar-refractivity contribution < 1.29 is 12.6 Å². The smallest absolute Gasteiger partial charge is 0.257 e. The van der Waals surface area contributed by atoms with E-state index in [1.807, 2.05) is 0 Å². The maximum absolute atomic E-state index is 10.2. The molecule has 1 rings (SSSR count). The Balaban J connectivity index is 2.09. The molecule has 0 aromatic carbocycles. The molecule has 0 aromatic heterocycles. The first-order valence-corrected chi connectivity index (χ1v) is 6.54. The molecule has 90 valence electrons. The van der Waals surface area contributed by atoms with Gasteiger partial charge in [0.2, 0.25) is 0 Å². The minimum Gasteiger partial charge on any atom is -0.301 e. The van der Waals surface area contributed by atoms with Crippen molar-refractivity contribution in [2.75, 3.05) is 45.9 Å². The normalized spacial score (nSPS) is 19.9. The number of hydrogen-bond acceptors (Lipinski definition) is 5. The Labute approximate surface area is 93.2 Å². The van der Waals surface area contributed by atoms with Crippen molar-refractivity contribution in [2.24, 2.45) is 0 Å². The Morgan fingerprint density at radius 1 is 1.07 bits per heavy atom.